The molecule has 2 N–H and O–H groups in total. The minimum absolute atomic E-state index is 0.0536. The summed E-state index contributed by atoms with van der Waals surface area (Å²) >= 11 is 2.95. The van der Waals surface area contributed by atoms with E-state index in [0.29, 0.717) is 17.8 Å². The maximum absolute atomic E-state index is 12.1. The van der Waals surface area contributed by atoms with Crippen LogP contribution in [0.3, 0.4) is 0 Å². The molecule has 0 bridgehead atoms. The number of aromatic nitrogens is 1. The number of amides is 1. The van der Waals surface area contributed by atoms with E-state index >= 15 is 0 Å². The van der Waals surface area contributed by atoms with E-state index in [9.17, 15) is 4.79 Å². The minimum atomic E-state index is -0.105. The fraction of sp³-hybridized carbons (Fsp3) is 0.333. The highest BCUT2D eigenvalue weighted by molar-refractivity contribution is 7.14. The van der Waals surface area contributed by atoms with Gasteiger partial charge in [-0.2, -0.15) is 0 Å². The van der Waals surface area contributed by atoms with Gasteiger partial charge in [0.05, 0.1) is 22.9 Å². The quantitative estimate of drug-likeness (QED) is 0.851. The first-order valence-electron chi connectivity index (χ1n) is 6.50. The maximum atomic E-state index is 12.1. The number of thiazole rings is 1. The van der Waals surface area contributed by atoms with Crippen molar-refractivity contribution in [3.63, 3.8) is 0 Å². The van der Waals surface area contributed by atoms with Crippen molar-refractivity contribution in [1.82, 2.24) is 10.3 Å². The van der Waals surface area contributed by atoms with E-state index in [4.69, 9.17) is 5.11 Å². The molecule has 6 heteroatoms. The summed E-state index contributed by atoms with van der Waals surface area (Å²) in [6.07, 6.45) is 2.25. The third-order valence-corrected chi connectivity index (χ3v) is 4.71. The molecule has 4 nitrogen and oxygen atoms in total. The molecule has 1 amide bonds. The molecule has 2 rings (SSSR count). The van der Waals surface area contributed by atoms with Crippen LogP contribution < -0.4 is 5.32 Å². The predicted molar refractivity (Wildman–Crippen MR) is 85.7 cm³/mol. The van der Waals surface area contributed by atoms with Crippen molar-refractivity contribution in [1.29, 1.82) is 0 Å². The maximum Gasteiger partial charge on any atom is 0.261 e. The molecule has 2 aromatic rings. The first kappa shape index (κ1) is 15.7. The van der Waals surface area contributed by atoms with E-state index in [0.717, 1.165) is 20.3 Å². The Morgan fingerprint density at radius 2 is 2.24 bits per heavy atom. The lowest BCUT2D eigenvalue weighted by atomic mass is 10.2. The fourth-order valence-electron chi connectivity index (χ4n) is 1.64. The first-order valence-corrected chi connectivity index (χ1v) is 8.13. The van der Waals surface area contributed by atoms with Gasteiger partial charge >= 0.3 is 0 Å². The molecule has 0 aliphatic heterocycles. The Hall–Kier alpha value is -1.68. The molecular formula is C15H16N2O2S2. The van der Waals surface area contributed by atoms with Gasteiger partial charge in [-0.15, -0.1) is 22.7 Å². The standard InChI is InChI=1S/C15H16N2O2S2/c1-10-7-13(21-12(10)5-3-4-6-18)15(19)17-9-14-16-8-11(2)20-14/h7-8,18H,4,6,9H2,1-2H3,(H,17,19). The van der Waals surface area contributed by atoms with Crippen LogP contribution in [0.25, 0.3) is 0 Å². The van der Waals surface area contributed by atoms with Gasteiger partial charge in [-0.1, -0.05) is 11.8 Å². The number of rotatable bonds is 4. The van der Waals surface area contributed by atoms with Gasteiger partial charge in [0, 0.05) is 17.5 Å². The lowest BCUT2D eigenvalue weighted by Gasteiger charge is -1.99. The van der Waals surface area contributed by atoms with Crippen LogP contribution >= 0.6 is 22.7 Å². The second kappa shape index (κ2) is 7.36. The molecule has 2 heterocycles. The van der Waals surface area contributed by atoms with E-state index in [1.165, 1.54) is 11.3 Å². The van der Waals surface area contributed by atoms with Gasteiger partial charge < -0.3 is 10.4 Å². The summed E-state index contributed by atoms with van der Waals surface area (Å²) in [5.41, 5.74) is 0.987. The summed E-state index contributed by atoms with van der Waals surface area (Å²) in [6.45, 7) is 4.42. The van der Waals surface area contributed by atoms with Crippen LogP contribution in [-0.4, -0.2) is 22.6 Å². The Labute approximate surface area is 131 Å². The number of nitrogens with one attached hydrogen (secondary N) is 1. The summed E-state index contributed by atoms with van der Waals surface area (Å²) in [5.74, 6) is 5.75. The van der Waals surface area contributed by atoms with Gasteiger partial charge in [0.25, 0.3) is 5.91 Å². The molecule has 110 valence electrons. The van der Waals surface area contributed by atoms with Crippen LogP contribution in [-0.2, 0) is 6.54 Å². The largest absolute Gasteiger partial charge is 0.395 e. The number of carbonyl (C=O) groups is 1. The zero-order chi connectivity index (χ0) is 15.2. The van der Waals surface area contributed by atoms with E-state index in [1.54, 1.807) is 17.5 Å². The fourth-order valence-corrected chi connectivity index (χ4v) is 3.33. The molecule has 0 unspecified atom stereocenters. The molecule has 0 aromatic carbocycles. The molecule has 0 aliphatic rings. The number of carbonyl (C=O) groups excluding carboxylic acids is 1. The van der Waals surface area contributed by atoms with Crippen molar-refractivity contribution in [2.24, 2.45) is 0 Å². The number of aliphatic hydroxyl groups excluding tert-OH is 1. The summed E-state index contributed by atoms with van der Waals surface area (Å²) in [5, 5.41) is 12.5. The Morgan fingerprint density at radius 3 is 2.90 bits per heavy atom. The molecule has 21 heavy (non-hydrogen) atoms. The highest BCUT2D eigenvalue weighted by Crippen LogP contribution is 2.21. The zero-order valence-corrected chi connectivity index (χ0v) is 13.5. The lowest BCUT2D eigenvalue weighted by Crippen LogP contribution is -2.21. The van der Waals surface area contributed by atoms with E-state index < -0.39 is 0 Å². The summed E-state index contributed by atoms with van der Waals surface area (Å²) in [6, 6.07) is 1.84. The van der Waals surface area contributed by atoms with Crippen LogP contribution in [0.15, 0.2) is 12.3 Å². The molecule has 0 aliphatic carbocycles. The van der Waals surface area contributed by atoms with Crippen LogP contribution in [0.4, 0.5) is 0 Å². The lowest BCUT2D eigenvalue weighted by molar-refractivity contribution is 0.0955. The Morgan fingerprint density at radius 1 is 1.43 bits per heavy atom. The molecule has 0 fully saturated rings. The summed E-state index contributed by atoms with van der Waals surface area (Å²) in [4.78, 5) is 19.0. The van der Waals surface area contributed by atoms with Crippen LogP contribution in [0, 0.1) is 25.7 Å². The zero-order valence-electron chi connectivity index (χ0n) is 11.9. The number of thiophene rings is 1. The SMILES string of the molecule is Cc1cnc(CNC(=O)c2cc(C)c(C#CCCO)s2)s1. The average Bonchev–Trinajstić information content (AvgIpc) is 3.03. The topological polar surface area (TPSA) is 62.2 Å². The average molecular weight is 320 g/mol. The molecule has 0 saturated heterocycles. The molecule has 0 radical (unpaired) electrons. The number of aliphatic hydroxyl groups is 1. The summed E-state index contributed by atoms with van der Waals surface area (Å²) in [7, 11) is 0. The third kappa shape index (κ3) is 4.39. The minimum Gasteiger partial charge on any atom is -0.395 e. The monoisotopic (exact) mass is 320 g/mol. The second-order valence-electron chi connectivity index (χ2n) is 4.45. The van der Waals surface area contributed by atoms with Gasteiger partial charge in [0.15, 0.2) is 0 Å². The molecule has 2 aromatic heterocycles. The van der Waals surface area contributed by atoms with Gasteiger partial charge in [-0.05, 0) is 25.5 Å². The Bertz CT molecular complexity index is 692. The van der Waals surface area contributed by atoms with Crippen molar-refractivity contribution in [2.45, 2.75) is 26.8 Å². The normalized spacial score (nSPS) is 10.0. The number of hydrogen-bond acceptors (Lipinski definition) is 5. The Balaban J connectivity index is 2.00. The molecule has 0 spiro atoms. The highest BCUT2D eigenvalue weighted by atomic mass is 32.1. The third-order valence-electron chi connectivity index (χ3n) is 2.65. The number of nitrogens with zero attached hydrogens (tertiary/aromatic N) is 1. The van der Waals surface area contributed by atoms with Crippen LogP contribution in [0.5, 0.6) is 0 Å². The molecular weight excluding hydrogens is 304 g/mol. The van der Waals surface area contributed by atoms with E-state index in [-0.39, 0.29) is 12.5 Å². The van der Waals surface area contributed by atoms with E-state index in [2.05, 4.69) is 22.1 Å². The molecule has 0 saturated carbocycles. The van der Waals surface area contributed by atoms with Gasteiger partial charge in [-0.25, -0.2) is 4.98 Å². The van der Waals surface area contributed by atoms with Crippen molar-refractivity contribution >= 4 is 28.6 Å². The van der Waals surface area contributed by atoms with Crippen molar-refractivity contribution < 1.29 is 9.90 Å². The smallest absolute Gasteiger partial charge is 0.261 e. The van der Waals surface area contributed by atoms with Crippen molar-refractivity contribution in [3.05, 3.63) is 37.5 Å². The van der Waals surface area contributed by atoms with Crippen molar-refractivity contribution in [2.75, 3.05) is 6.61 Å². The number of aryl methyl sites for hydroxylation is 2. The van der Waals surface area contributed by atoms with Gasteiger partial charge in [0.1, 0.15) is 5.01 Å². The second-order valence-corrected chi connectivity index (χ2v) is 6.82. The van der Waals surface area contributed by atoms with E-state index in [1.807, 2.05) is 19.9 Å². The first-order chi connectivity index (χ1) is 10.1. The van der Waals surface area contributed by atoms with Crippen LogP contribution in [0.2, 0.25) is 0 Å². The summed E-state index contributed by atoms with van der Waals surface area (Å²) < 4.78 is 0. The molecule has 0 atom stereocenters. The number of hydrogen-bond donors (Lipinski definition) is 2. The van der Waals surface area contributed by atoms with Gasteiger partial charge in [0.2, 0.25) is 0 Å². The highest BCUT2D eigenvalue weighted by Gasteiger charge is 2.11. The predicted octanol–water partition coefficient (Wildman–Crippen LogP) is 2.49. The Kier molecular flexibility index (Phi) is 5.51. The van der Waals surface area contributed by atoms with Gasteiger partial charge in [-0.3, -0.25) is 4.79 Å². The van der Waals surface area contributed by atoms with Crippen LogP contribution in [0.1, 0.15) is 36.4 Å². The van der Waals surface area contributed by atoms with Crippen molar-refractivity contribution in [3.8, 4) is 11.8 Å².